The maximum Gasteiger partial charge on any atom is 0.309 e. The van der Waals surface area contributed by atoms with Gasteiger partial charge in [0.2, 0.25) is 5.91 Å². The predicted octanol–water partition coefficient (Wildman–Crippen LogP) is 1.89. The molecule has 1 heterocycles. The number of nitrogens with zero attached hydrogens (tertiary/aromatic N) is 1. The van der Waals surface area contributed by atoms with Crippen LogP contribution >= 0.6 is 0 Å². The highest BCUT2D eigenvalue weighted by atomic mass is 16.4. The van der Waals surface area contributed by atoms with Crippen molar-refractivity contribution < 1.29 is 14.7 Å². The maximum absolute atomic E-state index is 12.2. The fourth-order valence-electron chi connectivity index (χ4n) is 2.87. The second kappa shape index (κ2) is 4.67. The highest BCUT2D eigenvalue weighted by Gasteiger charge is 2.39. The van der Waals surface area contributed by atoms with Crippen LogP contribution in [0.3, 0.4) is 0 Å². The Morgan fingerprint density at radius 1 is 1.18 bits per heavy atom. The van der Waals surface area contributed by atoms with Crippen LogP contribution < -0.4 is 0 Å². The quantitative estimate of drug-likeness (QED) is 0.800. The van der Waals surface area contributed by atoms with Gasteiger partial charge in [-0.3, -0.25) is 9.59 Å². The third kappa shape index (κ3) is 2.45. The molecule has 17 heavy (non-hydrogen) atoms. The Morgan fingerprint density at radius 2 is 1.71 bits per heavy atom. The van der Waals surface area contributed by atoms with E-state index in [1.54, 1.807) is 6.92 Å². The lowest BCUT2D eigenvalue weighted by atomic mass is 9.80. The summed E-state index contributed by atoms with van der Waals surface area (Å²) in [5, 5.41) is 9.13. The Morgan fingerprint density at radius 3 is 2.18 bits per heavy atom. The zero-order chi connectivity index (χ0) is 12.5. The predicted molar refractivity (Wildman–Crippen MR) is 63.5 cm³/mol. The lowest BCUT2D eigenvalue weighted by molar-refractivity contribution is -0.153. The first-order chi connectivity index (χ1) is 8.03. The van der Waals surface area contributed by atoms with Gasteiger partial charge in [-0.25, -0.2) is 0 Å². The third-order valence-electron chi connectivity index (χ3n) is 4.40. The first-order valence-electron chi connectivity index (χ1n) is 6.55. The molecule has 2 fully saturated rings. The van der Waals surface area contributed by atoms with Gasteiger partial charge in [0.15, 0.2) is 0 Å². The third-order valence-corrected chi connectivity index (χ3v) is 4.40. The molecule has 0 unspecified atom stereocenters. The second-order valence-corrected chi connectivity index (χ2v) is 5.67. The highest BCUT2D eigenvalue weighted by molar-refractivity contribution is 5.80. The van der Waals surface area contributed by atoms with Gasteiger partial charge in [-0.1, -0.05) is 12.8 Å². The Balaban J connectivity index is 1.90. The molecule has 4 nitrogen and oxygen atoms in total. The van der Waals surface area contributed by atoms with E-state index < -0.39 is 11.4 Å². The molecule has 0 aromatic rings. The monoisotopic (exact) mass is 239 g/mol. The van der Waals surface area contributed by atoms with Crippen molar-refractivity contribution in [3.63, 3.8) is 0 Å². The molecule has 0 aromatic heterocycles. The van der Waals surface area contributed by atoms with Gasteiger partial charge >= 0.3 is 5.97 Å². The van der Waals surface area contributed by atoms with E-state index in [-0.39, 0.29) is 11.8 Å². The first kappa shape index (κ1) is 12.4. The van der Waals surface area contributed by atoms with E-state index in [9.17, 15) is 9.59 Å². The summed E-state index contributed by atoms with van der Waals surface area (Å²) < 4.78 is 0. The van der Waals surface area contributed by atoms with Crippen molar-refractivity contribution in [3.8, 4) is 0 Å². The molecule has 0 bridgehead atoms. The van der Waals surface area contributed by atoms with Crippen LogP contribution in [0.1, 0.15) is 45.4 Å². The number of hydrogen-bond donors (Lipinski definition) is 1. The standard InChI is InChI=1S/C13H21NO3/c1-13(12(16)17)6-8-14(9-7-13)11(15)10-4-2-3-5-10/h10H,2-9H2,1H3,(H,16,17). The zero-order valence-electron chi connectivity index (χ0n) is 10.4. The SMILES string of the molecule is CC1(C(=O)O)CCN(C(=O)C2CCCC2)CC1. The second-order valence-electron chi connectivity index (χ2n) is 5.67. The molecule has 1 aliphatic heterocycles. The molecule has 1 amide bonds. The average Bonchev–Trinajstić information content (AvgIpc) is 2.82. The van der Waals surface area contributed by atoms with E-state index in [1.165, 1.54) is 0 Å². The molecule has 0 radical (unpaired) electrons. The number of carbonyl (C=O) groups excluding carboxylic acids is 1. The summed E-state index contributed by atoms with van der Waals surface area (Å²) >= 11 is 0. The number of amides is 1. The maximum atomic E-state index is 12.2. The van der Waals surface area contributed by atoms with Crippen molar-refractivity contribution in [2.75, 3.05) is 13.1 Å². The number of carboxylic acids is 1. The minimum atomic E-state index is -0.731. The van der Waals surface area contributed by atoms with Crippen LogP contribution in [0.5, 0.6) is 0 Å². The van der Waals surface area contributed by atoms with E-state index >= 15 is 0 Å². The summed E-state index contributed by atoms with van der Waals surface area (Å²) in [6.07, 6.45) is 5.53. The molecular formula is C13H21NO3. The van der Waals surface area contributed by atoms with Crippen molar-refractivity contribution >= 4 is 11.9 Å². The Kier molecular flexibility index (Phi) is 3.40. The van der Waals surface area contributed by atoms with Gasteiger partial charge in [0.05, 0.1) is 5.41 Å². The van der Waals surface area contributed by atoms with Crippen molar-refractivity contribution in [2.45, 2.75) is 45.4 Å². The highest BCUT2D eigenvalue weighted by Crippen LogP contribution is 2.33. The summed E-state index contributed by atoms with van der Waals surface area (Å²) in [4.78, 5) is 25.1. The number of piperidine rings is 1. The van der Waals surface area contributed by atoms with Gasteiger partial charge in [0.1, 0.15) is 0 Å². The molecule has 4 heteroatoms. The van der Waals surface area contributed by atoms with Gasteiger partial charge in [-0.2, -0.15) is 0 Å². The number of hydrogen-bond acceptors (Lipinski definition) is 2. The summed E-state index contributed by atoms with van der Waals surface area (Å²) in [6, 6.07) is 0. The van der Waals surface area contributed by atoms with Crippen LogP contribution in [0.25, 0.3) is 0 Å². The minimum absolute atomic E-state index is 0.212. The van der Waals surface area contributed by atoms with Crippen LogP contribution in [-0.4, -0.2) is 35.0 Å². The Labute approximate surface area is 102 Å². The molecule has 0 atom stereocenters. The van der Waals surface area contributed by atoms with Gasteiger partial charge in [0.25, 0.3) is 0 Å². The van der Waals surface area contributed by atoms with Crippen LogP contribution in [0.4, 0.5) is 0 Å². The van der Waals surface area contributed by atoms with E-state index in [0.29, 0.717) is 25.9 Å². The fraction of sp³-hybridized carbons (Fsp3) is 0.846. The fourth-order valence-corrected chi connectivity index (χ4v) is 2.87. The average molecular weight is 239 g/mol. The number of likely N-dealkylation sites (tertiary alicyclic amines) is 1. The number of carboxylic acid groups (broad SMARTS) is 1. The minimum Gasteiger partial charge on any atom is -0.481 e. The summed E-state index contributed by atoms with van der Waals surface area (Å²) in [7, 11) is 0. The summed E-state index contributed by atoms with van der Waals surface area (Å²) in [6.45, 7) is 3.00. The number of carbonyl (C=O) groups is 2. The molecular weight excluding hydrogens is 218 g/mol. The smallest absolute Gasteiger partial charge is 0.309 e. The molecule has 1 saturated carbocycles. The Hall–Kier alpha value is -1.06. The van der Waals surface area contributed by atoms with Crippen molar-refractivity contribution in [1.29, 1.82) is 0 Å². The van der Waals surface area contributed by atoms with Gasteiger partial charge in [-0.05, 0) is 32.6 Å². The van der Waals surface area contributed by atoms with Gasteiger partial charge < -0.3 is 10.0 Å². The lowest BCUT2D eigenvalue weighted by Crippen LogP contribution is -2.46. The van der Waals surface area contributed by atoms with E-state index in [4.69, 9.17) is 5.11 Å². The normalized spacial score (nSPS) is 24.9. The molecule has 1 aliphatic carbocycles. The van der Waals surface area contributed by atoms with Crippen molar-refractivity contribution in [1.82, 2.24) is 4.90 Å². The summed E-state index contributed by atoms with van der Waals surface area (Å²) in [5.74, 6) is -0.260. The number of rotatable bonds is 2. The zero-order valence-corrected chi connectivity index (χ0v) is 10.4. The molecule has 2 rings (SSSR count). The van der Waals surface area contributed by atoms with E-state index in [1.807, 2.05) is 4.90 Å². The van der Waals surface area contributed by atoms with E-state index in [2.05, 4.69) is 0 Å². The molecule has 1 saturated heterocycles. The van der Waals surface area contributed by atoms with Crippen molar-refractivity contribution in [3.05, 3.63) is 0 Å². The lowest BCUT2D eigenvalue weighted by Gasteiger charge is -2.37. The molecule has 2 aliphatic rings. The molecule has 0 spiro atoms. The number of aliphatic carboxylic acids is 1. The molecule has 1 N–H and O–H groups in total. The molecule has 0 aromatic carbocycles. The van der Waals surface area contributed by atoms with Crippen molar-refractivity contribution in [2.24, 2.45) is 11.3 Å². The largest absolute Gasteiger partial charge is 0.481 e. The van der Waals surface area contributed by atoms with Crippen LogP contribution in [-0.2, 0) is 9.59 Å². The Bertz CT molecular complexity index is 313. The molecule has 96 valence electrons. The summed E-state index contributed by atoms with van der Waals surface area (Å²) in [5.41, 5.74) is -0.632. The van der Waals surface area contributed by atoms with Crippen LogP contribution in [0, 0.1) is 11.3 Å². The van der Waals surface area contributed by atoms with E-state index in [0.717, 1.165) is 25.7 Å². The van der Waals surface area contributed by atoms with Gasteiger partial charge in [0, 0.05) is 19.0 Å². The van der Waals surface area contributed by atoms with Gasteiger partial charge in [-0.15, -0.1) is 0 Å². The topological polar surface area (TPSA) is 57.6 Å². The van der Waals surface area contributed by atoms with Crippen LogP contribution in [0.15, 0.2) is 0 Å². The first-order valence-corrected chi connectivity index (χ1v) is 6.55. The van der Waals surface area contributed by atoms with Crippen LogP contribution in [0.2, 0.25) is 0 Å².